The lowest BCUT2D eigenvalue weighted by Crippen LogP contribution is -2.37. The predicted molar refractivity (Wildman–Crippen MR) is 103 cm³/mol. The summed E-state index contributed by atoms with van der Waals surface area (Å²) in [5, 5.41) is 0. The van der Waals surface area contributed by atoms with E-state index in [1.807, 2.05) is 49.9 Å². The number of hydrogen-bond donors (Lipinski definition) is 0. The normalized spacial score (nSPS) is 11.7. The van der Waals surface area contributed by atoms with Gasteiger partial charge in [0.25, 0.3) is 5.56 Å². The molecule has 0 radical (unpaired) electrons. The molecule has 0 aliphatic rings. The first kappa shape index (κ1) is 19.2. The summed E-state index contributed by atoms with van der Waals surface area (Å²) in [6.07, 6.45) is 1.88. The van der Waals surface area contributed by atoms with Gasteiger partial charge in [0.1, 0.15) is 0 Å². The lowest BCUT2D eigenvalue weighted by molar-refractivity contribution is -0.126. The third kappa shape index (κ3) is 4.27. The standard InChI is InChI=1S/C20H29N3O2/c1-6-12-22(13-7-2)18-19(25)23(14-17(24)20(3,4)5)16-11-9-8-10-15(16)21-18/h8-11H,6-7,12-14H2,1-5H3. The molecule has 0 unspecified atom stereocenters. The summed E-state index contributed by atoms with van der Waals surface area (Å²) in [7, 11) is 0. The quantitative estimate of drug-likeness (QED) is 0.770. The summed E-state index contributed by atoms with van der Waals surface area (Å²) in [4.78, 5) is 32.4. The third-order valence-corrected chi connectivity index (χ3v) is 4.26. The fraction of sp³-hybridized carbons (Fsp3) is 0.550. The summed E-state index contributed by atoms with van der Waals surface area (Å²) in [5.41, 5.74) is 0.785. The van der Waals surface area contributed by atoms with E-state index >= 15 is 0 Å². The molecule has 2 rings (SSSR count). The Morgan fingerprint density at radius 2 is 1.72 bits per heavy atom. The number of carbonyl (C=O) groups is 1. The monoisotopic (exact) mass is 343 g/mol. The van der Waals surface area contributed by atoms with Crippen LogP contribution in [-0.2, 0) is 11.3 Å². The van der Waals surface area contributed by atoms with Crippen molar-refractivity contribution in [3.05, 3.63) is 34.6 Å². The summed E-state index contributed by atoms with van der Waals surface area (Å²) in [5.74, 6) is 0.485. The molecule has 0 saturated carbocycles. The molecular formula is C20H29N3O2. The van der Waals surface area contributed by atoms with E-state index < -0.39 is 5.41 Å². The number of nitrogens with zero attached hydrogens (tertiary/aromatic N) is 3. The third-order valence-electron chi connectivity index (χ3n) is 4.26. The lowest BCUT2D eigenvalue weighted by Gasteiger charge is -2.24. The maximum atomic E-state index is 13.1. The fourth-order valence-corrected chi connectivity index (χ4v) is 2.79. The Labute approximate surface area is 149 Å². The van der Waals surface area contributed by atoms with Gasteiger partial charge >= 0.3 is 0 Å². The maximum Gasteiger partial charge on any atom is 0.294 e. The summed E-state index contributed by atoms with van der Waals surface area (Å²) in [6.45, 7) is 11.5. The minimum Gasteiger partial charge on any atom is -0.352 e. The van der Waals surface area contributed by atoms with Crippen molar-refractivity contribution in [2.24, 2.45) is 5.41 Å². The second-order valence-corrected chi connectivity index (χ2v) is 7.48. The van der Waals surface area contributed by atoms with Crippen LogP contribution in [0.25, 0.3) is 11.0 Å². The Bertz CT molecular complexity index is 797. The summed E-state index contributed by atoms with van der Waals surface area (Å²) >= 11 is 0. The van der Waals surface area contributed by atoms with Gasteiger partial charge in [-0.05, 0) is 25.0 Å². The van der Waals surface area contributed by atoms with Crippen molar-refractivity contribution in [1.82, 2.24) is 9.55 Å². The van der Waals surface area contributed by atoms with E-state index in [0.29, 0.717) is 11.3 Å². The van der Waals surface area contributed by atoms with Gasteiger partial charge in [-0.25, -0.2) is 4.98 Å². The van der Waals surface area contributed by atoms with E-state index in [1.54, 1.807) is 4.57 Å². The summed E-state index contributed by atoms with van der Waals surface area (Å²) in [6, 6.07) is 7.53. The SMILES string of the molecule is CCCN(CCC)c1nc2ccccc2n(CC(=O)C(C)(C)C)c1=O. The van der Waals surface area contributed by atoms with E-state index in [9.17, 15) is 9.59 Å². The van der Waals surface area contributed by atoms with Crippen LogP contribution < -0.4 is 10.5 Å². The molecule has 0 N–H and O–H groups in total. The lowest BCUT2D eigenvalue weighted by atomic mass is 9.91. The van der Waals surface area contributed by atoms with E-state index in [-0.39, 0.29) is 17.9 Å². The largest absolute Gasteiger partial charge is 0.352 e. The molecule has 25 heavy (non-hydrogen) atoms. The first-order valence-electron chi connectivity index (χ1n) is 9.07. The van der Waals surface area contributed by atoms with E-state index in [2.05, 4.69) is 18.8 Å². The molecule has 1 heterocycles. The van der Waals surface area contributed by atoms with Gasteiger partial charge in [-0.1, -0.05) is 46.8 Å². The topological polar surface area (TPSA) is 55.2 Å². The number of hydrogen-bond acceptors (Lipinski definition) is 4. The number of ketones is 1. The Kier molecular flexibility index (Phi) is 5.98. The van der Waals surface area contributed by atoms with Crippen molar-refractivity contribution in [3.8, 4) is 0 Å². The second kappa shape index (κ2) is 7.81. The highest BCUT2D eigenvalue weighted by Gasteiger charge is 2.24. The van der Waals surface area contributed by atoms with Crippen LogP contribution in [-0.4, -0.2) is 28.4 Å². The van der Waals surface area contributed by atoms with Crippen molar-refractivity contribution in [3.63, 3.8) is 0 Å². The van der Waals surface area contributed by atoms with Crippen LogP contribution in [0.2, 0.25) is 0 Å². The average molecular weight is 343 g/mol. The van der Waals surface area contributed by atoms with Gasteiger partial charge in [0.05, 0.1) is 17.6 Å². The number of carbonyl (C=O) groups excluding carboxylic acids is 1. The second-order valence-electron chi connectivity index (χ2n) is 7.48. The first-order chi connectivity index (χ1) is 11.8. The van der Waals surface area contributed by atoms with E-state index in [4.69, 9.17) is 0 Å². The van der Waals surface area contributed by atoms with Gasteiger partial charge in [-0.15, -0.1) is 0 Å². The number of fused-ring (bicyclic) bond motifs is 1. The van der Waals surface area contributed by atoms with Crippen LogP contribution in [0, 0.1) is 5.41 Å². The minimum atomic E-state index is -0.490. The number of aromatic nitrogens is 2. The van der Waals surface area contributed by atoms with Crippen LogP contribution in [0.3, 0.4) is 0 Å². The molecule has 0 aliphatic heterocycles. The number of rotatable bonds is 7. The average Bonchev–Trinajstić information content (AvgIpc) is 2.56. The molecule has 2 aromatic rings. The molecule has 0 amide bonds. The van der Waals surface area contributed by atoms with Gasteiger partial charge in [0.15, 0.2) is 11.6 Å². The number of para-hydroxylation sites is 2. The fourth-order valence-electron chi connectivity index (χ4n) is 2.79. The van der Waals surface area contributed by atoms with Crippen LogP contribution in [0.5, 0.6) is 0 Å². The highest BCUT2D eigenvalue weighted by molar-refractivity contribution is 5.85. The number of anilines is 1. The van der Waals surface area contributed by atoms with Crippen molar-refractivity contribution in [1.29, 1.82) is 0 Å². The molecule has 136 valence electrons. The zero-order chi connectivity index (χ0) is 18.6. The number of benzene rings is 1. The zero-order valence-corrected chi connectivity index (χ0v) is 16.0. The van der Waals surface area contributed by atoms with Gasteiger partial charge in [-0.2, -0.15) is 0 Å². The van der Waals surface area contributed by atoms with Crippen LogP contribution >= 0.6 is 0 Å². The van der Waals surface area contributed by atoms with Crippen molar-refractivity contribution in [2.75, 3.05) is 18.0 Å². The molecule has 5 nitrogen and oxygen atoms in total. The van der Waals surface area contributed by atoms with Crippen LogP contribution in [0.1, 0.15) is 47.5 Å². The van der Waals surface area contributed by atoms with Crippen molar-refractivity contribution >= 4 is 22.6 Å². The number of Topliss-reactive ketones (excluding diaryl/α,β-unsaturated/α-hetero) is 1. The highest BCUT2D eigenvalue weighted by atomic mass is 16.1. The highest BCUT2D eigenvalue weighted by Crippen LogP contribution is 2.19. The smallest absolute Gasteiger partial charge is 0.294 e. The Morgan fingerprint density at radius 1 is 1.12 bits per heavy atom. The summed E-state index contributed by atoms with van der Waals surface area (Å²) < 4.78 is 1.59. The molecular weight excluding hydrogens is 314 g/mol. The Hall–Kier alpha value is -2.17. The molecule has 0 atom stereocenters. The van der Waals surface area contributed by atoms with Gasteiger partial charge < -0.3 is 4.90 Å². The Balaban J connectivity index is 2.64. The zero-order valence-electron chi connectivity index (χ0n) is 16.0. The molecule has 1 aromatic heterocycles. The molecule has 0 aliphatic carbocycles. The van der Waals surface area contributed by atoms with Crippen molar-refractivity contribution < 1.29 is 4.79 Å². The van der Waals surface area contributed by atoms with E-state index in [1.165, 1.54) is 0 Å². The van der Waals surface area contributed by atoms with E-state index in [0.717, 1.165) is 31.4 Å². The van der Waals surface area contributed by atoms with Crippen molar-refractivity contribution in [2.45, 2.75) is 54.0 Å². The predicted octanol–water partition coefficient (Wildman–Crippen LogP) is 3.64. The molecule has 0 spiro atoms. The maximum absolute atomic E-state index is 13.1. The van der Waals surface area contributed by atoms with Crippen LogP contribution in [0.15, 0.2) is 29.1 Å². The molecule has 1 aromatic carbocycles. The Morgan fingerprint density at radius 3 is 2.28 bits per heavy atom. The molecule has 5 heteroatoms. The molecule has 0 saturated heterocycles. The van der Waals surface area contributed by atoms with Crippen LogP contribution in [0.4, 0.5) is 5.82 Å². The molecule has 0 fully saturated rings. The van der Waals surface area contributed by atoms with Gasteiger partial charge in [-0.3, -0.25) is 14.2 Å². The first-order valence-corrected chi connectivity index (χ1v) is 9.07. The van der Waals surface area contributed by atoms with Gasteiger partial charge in [0, 0.05) is 18.5 Å². The molecule has 0 bridgehead atoms. The minimum absolute atomic E-state index is 0.0365. The van der Waals surface area contributed by atoms with Gasteiger partial charge in [0.2, 0.25) is 0 Å².